The predicted molar refractivity (Wildman–Crippen MR) is 66.0 cm³/mol. The van der Waals surface area contributed by atoms with Crippen LogP contribution in [0.2, 0.25) is 0 Å². The molecule has 0 bridgehead atoms. The SMILES string of the molecule is Cc1cccnc1CN1CCC(C)(CN)C1. The Kier molecular flexibility index (Phi) is 3.26. The molecule has 0 aliphatic carbocycles. The number of hydrogen-bond acceptors (Lipinski definition) is 3. The maximum absolute atomic E-state index is 5.81. The van der Waals surface area contributed by atoms with E-state index in [4.69, 9.17) is 5.73 Å². The van der Waals surface area contributed by atoms with Crippen molar-refractivity contribution in [1.82, 2.24) is 9.88 Å². The van der Waals surface area contributed by atoms with Crippen LogP contribution in [0, 0.1) is 12.3 Å². The summed E-state index contributed by atoms with van der Waals surface area (Å²) in [5.74, 6) is 0. The van der Waals surface area contributed by atoms with Crippen LogP contribution < -0.4 is 5.73 Å². The summed E-state index contributed by atoms with van der Waals surface area (Å²) in [7, 11) is 0. The molecule has 0 aromatic carbocycles. The van der Waals surface area contributed by atoms with E-state index in [1.807, 2.05) is 12.3 Å². The summed E-state index contributed by atoms with van der Waals surface area (Å²) in [6.07, 6.45) is 3.08. The smallest absolute Gasteiger partial charge is 0.0573 e. The zero-order valence-corrected chi connectivity index (χ0v) is 10.2. The molecule has 1 aliphatic heterocycles. The van der Waals surface area contributed by atoms with Gasteiger partial charge in [-0.25, -0.2) is 0 Å². The van der Waals surface area contributed by atoms with Gasteiger partial charge in [0.25, 0.3) is 0 Å². The number of aryl methyl sites for hydroxylation is 1. The van der Waals surface area contributed by atoms with E-state index in [9.17, 15) is 0 Å². The molecule has 88 valence electrons. The maximum atomic E-state index is 5.81. The fourth-order valence-corrected chi connectivity index (χ4v) is 2.32. The molecule has 1 aromatic rings. The van der Waals surface area contributed by atoms with Crippen molar-refractivity contribution in [2.24, 2.45) is 11.1 Å². The summed E-state index contributed by atoms with van der Waals surface area (Å²) in [6, 6.07) is 4.12. The summed E-state index contributed by atoms with van der Waals surface area (Å²) in [4.78, 5) is 6.90. The average molecular weight is 219 g/mol. The molecule has 0 saturated carbocycles. The van der Waals surface area contributed by atoms with Gasteiger partial charge < -0.3 is 5.73 Å². The number of nitrogens with two attached hydrogens (primary N) is 1. The summed E-state index contributed by atoms with van der Waals surface area (Å²) < 4.78 is 0. The van der Waals surface area contributed by atoms with Gasteiger partial charge in [0.05, 0.1) is 5.69 Å². The lowest BCUT2D eigenvalue weighted by atomic mass is 9.90. The molecule has 1 fully saturated rings. The quantitative estimate of drug-likeness (QED) is 0.839. The Bertz CT molecular complexity index is 364. The van der Waals surface area contributed by atoms with Crippen LogP contribution in [-0.4, -0.2) is 29.5 Å². The van der Waals surface area contributed by atoms with E-state index in [-0.39, 0.29) is 0 Å². The van der Waals surface area contributed by atoms with Gasteiger partial charge in [-0.3, -0.25) is 9.88 Å². The summed E-state index contributed by atoms with van der Waals surface area (Å²) in [5.41, 5.74) is 8.60. The van der Waals surface area contributed by atoms with Gasteiger partial charge in [-0.15, -0.1) is 0 Å². The molecule has 3 heteroatoms. The second-order valence-electron chi connectivity index (χ2n) is 5.24. The predicted octanol–water partition coefficient (Wildman–Crippen LogP) is 1.56. The molecule has 2 rings (SSSR count). The van der Waals surface area contributed by atoms with E-state index in [0.29, 0.717) is 5.41 Å². The van der Waals surface area contributed by atoms with Crippen LogP contribution in [0.1, 0.15) is 24.6 Å². The molecule has 2 N–H and O–H groups in total. The average Bonchev–Trinajstić information content (AvgIpc) is 2.65. The van der Waals surface area contributed by atoms with E-state index >= 15 is 0 Å². The van der Waals surface area contributed by atoms with Crippen molar-refractivity contribution < 1.29 is 0 Å². The molecule has 1 unspecified atom stereocenters. The number of aromatic nitrogens is 1. The highest BCUT2D eigenvalue weighted by atomic mass is 15.2. The van der Waals surface area contributed by atoms with Crippen LogP contribution in [0.4, 0.5) is 0 Å². The Balaban J connectivity index is 2.00. The first-order valence-electron chi connectivity index (χ1n) is 5.96. The number of likely N-dealkylation sites (tertiary alicyclic amines) is 1. The molecule has 0 spiro atoms. The van der Waals surface area contributed by atoms with Crippen molar-refractivity contribution in [3.8, 4) is 0 Å². The number of hydrogen-bond donors (Lipinski definition) is 1. The summed E-state index contributed by atoms with van der Waals surface area (Å²) >= 11 is 0. The summed E-state index contributed by atoms with van der Waals surface area (Å²) in [5, 5.41) is 0. The van der Waals surface area contributed by atoms with Crippen molar-refractivity contribution >= 4 is 0 Å². The highest BCUT2D eigenvalue weighted by Gasteiger charge is 2.32. The highest BCUT2D eigenvalue weighted by Crippen LogP contribution is 2.29. The van der Waals surface area contributed by atoms with Gasteiger partial charge in [-0.1, -0.05) is 13.0 Å². The van der Waals surface area contributed by atoms with Crippen molar-refractivity contribution in [1.29, 1.82) is 0 Å². The molecule has 1 aromatic heterocycles. The van der Waals surface area contributed by atoms with Gasteiger partial charge in [0, 0.05) is 19.3 Å². The lowest BCUT2D eigenvalue weighted by Crippen LogP contribution is -2.31. The number of pyridine rings is 1. The molecule has 1 atom stereocenters. The van der Waals surface area contributed by atoms with Gasteiger partial charge in [-0.2, -0.15) is 0 Å². The first-order valence-corrected chi connectivity index (χ1v) is 5.96. The van der Waals surface area contributed by atoms with Crippen molar-refractivity contribution in [2.75, 3.05) is 19.6 Å². The molecule has 2 heterocycles. The van der Waals surface area contributed by atoms with Crippen LogP contribution in [0.5, 0.6) is 0 Å². The molecular formula is C13H21N3. The van der Waals surface area contributed by atoms with E-state index < -0.39 is 0 Å². The zero-order valence-electron chi connectivity index (χ0n) is 10.2. The van der Waals surface area contributed by atoms with Gasteiger partial charge in [0.2, 0.25) is 0 Å². The highest BCUT2D eigenvalue weighted by molar-refractivity contribution is 5.17. The molecule has 3 nitrogen and oxygen atoms in total. The Hall–Kier alpha value is -0.930. The Morgan fingerprint density at radius 1 is 1.56 bits per heavy atom. The lowest BCUT2D eigenvalue weighted by Gasteiger charge is -2.22. The third-order valence-electron chi connectivity index (χ3n) is 3.62. The largest absolute Gasteiger partial charge is 0.330 e. The zero-order chi connectivity index (χ0) is 11.6. The van der Waals surface area contributed by atoms with E-state index in [0.717, 1.165) is 26.2 Å². The van der Waals surface area contributed by atoms with Crippen LogP contribution in [-0.2, 0) is 6.54 Å². The van der Waals surface area contributed by atoms with Crippen LogP contribution >= 0.6 is 0 Å². The Morgan fingerprint density at radius 3 is 3.00 bits per heavy atom. The first kappa shape index (κ1) is 11.6. The van der Waals surface area contributed by atoms with Crippen molar-refractivity contribution in [3.63, 3.8) is 0 Å². The molecule has 0 radical (unpaired) electrons. The van der Waals surface area contributed by atoms with Gasteiger partial charge >= 0.3 is 0 Å². The third kappa shape index (κ3) is 2.42. The minimum atomic E-state index is 0.308. The van der Waals surface area contributed by atoms with E-state index in [1.165, 1.54) is 17.7 Å². The first-order chi connectivity index (χ1) is 7.63. The van der Waals surface area contributed by atoms with Gasteiger partial charge in [0.1, 0.15) is 0 Å². The van der Waals surface area contributed by atoms with Gasteiger partial charge in [-0.05, 0) is 43.5 Å². The monoisotopic (exact) mass is 219 g/mol. The van der Waals surface area contributed by atoms with Gasteiger partial charge in [0.15, 0.2) is 0 Å². The normalized spacial score (nSPS) is 26.2. The Morgan fingerprint density at radius 2 is 2.38 bits per heavy atom. The van der Waals surface area contributed by atoms with Crippen molar-refractivity contribution in [3.05, 3.63) is 29.6 Å². The minimum absolute atomic E-state index is 0.308. The van der Waals surface area contributed by atoms with E-state index in [1.54, 1.807) is 0 Å². The topological polar surface area (TPSA) is 42.2 Å². The second kappa shape index (κ2) is 4.52. The Labute approximate surface area is 97.7 Å². The third-order valence-corrected chi connectivity index (χ3v) is 3.62. The maximum Gasteiger partial charge on any atom is 0.0573 e. The number of nitrogens with zero attached hydrogens (tertiary/aromatic N) is 2. The second-order valence-corrected chi connectivity index (χ2v) is 5.24. The lowest BCUT2D eigenvalue weighted by molar-refractivity contribution is 0.271. The number of rotatable bonds is 3. The fraction of sp³-hybridized carbons (Fsp3) is 0.615. The van der Waals surface area contributed by atoms with Crippen molar-refractivity contribution in [2.45, 2.75) is 26.8 Å². The molecule has 0 amide bonds. The summed E-state index contributed by atoms with van der Waals surface area (Å²) in [6.45, 7) is 8.38. The van der Waals surface area contributed by atoms with E-state index in [2.05, 4.69) is 29.8 Å². The van der Waals surface area contributed by atoms with Crippen LogP contribution in [0.3, 0.4) is 0 Å². The standard InChI is InChI=1S/C13H21N3/c1-11-4-3-6-15-12(11)8-16-7-5-13(2,9-14)10-16/h3-4,6H,5,7-10,14H2,1-2H3. The fourth-order valence-electron chi connectivity index (χ4n) is 2.32. The molecule has 1 saturated heterocycles. The molecular weight excluding hydrogens is 198 g/mol. The minimum Gasteiger partial charge on any atom is -0.330 e. The molecule has 1 aliphatic rings. The molecule has 16 heavy (non-hydrogen) atoms. The van der Waals surface area contributed by atoms with Crippen LogP contribution in [0.15, 0.2) is 18.3 Å². The van der Waals surface area contributed by atoms with Crippen LogP contribution in [0.25, 0.3) is 0 Å².